The molecule has 4 aliphatic carbocycles. The molecule has 4 aliphatic rings. The summed E-state index contributed by atoms with van der Waals surface area (Å²) in [6, 6.07) is 7.29. The molecule has 4 fully saturated rings. The lowest BCUT2D eigenvalue weighted by atomic mass is 9.52. The zero-order chi connectivity index (χ0) is 17.4. The molecule has 4 nitrogen and oxygen atoms in total. The second-order valence-corrected chi connectivity index (χ2v) is 8.56. The van der Waals surface area contributed by atoms with Gasteiger partial charge < -0.3 is 11.1 Å². The van der Waals surface area contributed by atoms with Crippen molar-refractivity contribution in [1.82, 2.24) is 10.2 Å². The summed E-state index contributed by atoms with van der Waals surface area (Å²) in [5.41, 5.74) is 7.46. The summed E-state index contributed by atoms with van der Waals surface area (Å²) >= 11 is 0. The predicted octanol–water partition coefficient (Wildman–Crippen LogP) is 3.29. The van der Waals surface area contributed by atoms with Crippen LogP contribution >= 0.6 is 0 Å². The van der Waals surface area contributed by atoms with Crippen molar-refractivity contribution in [2.75, 3.05) is 25.4 Å². The molecule has 0 aromatic heterocycles. The lowest BCUT2D eigenvalue weighted by molar-refractivity contribution is -0.0863. The Hall–Kier alpha value is -1.55. The molecule has 136 valence electrons. The summed E-state index contributed by atoms with van der Waals surface area (Å²) in [5.74, 6) is 2.82. The van der Waals surface area contributed by atoms with E-state index in [0.717, 1.165) is 30.8 Å². The van der Waals surface area contributed by atoms with Crippen LogP contribution in [0.3, 0.4) is 0 Å². The number of para-hydroxylation sites is 1. The van der Waals surface area contributed by atoms with Gasteiger partial charge in [0.25, 0.3) is 5.91 Å². The van der Waals surface area contributed by atoms with Crippen LogP contribution in [0.5, 0.6) is 0 Å². The molecule has 0 radical (unpaired) electrons. The highest BCUT2D eigenvalue weighted by molar-refractivity contribution is 5.99. The van der Waals surface area contributed by atoms with Gasteiger partial charge in [-0.1, -0.05) is 19.1 Å². The van der Waals surface area contributed by atoms with Crippen molar-refractivity contribution in [2.45, 2.75) is 51.0 Å². The summed E-state index contributed by atoms with van der Waals surface area (Å²) in [6.45, 7) is 5.00. The summed E-state index contributed by atoms with van der Waals surface area (Å²) < 4.78 is 0. The maximum absolute atomic E-state index is 12.4. The first-order valence-electron chi connectivity index (χ1n) is 9.97. The first-order valence-corrected chi connectivity index (χ1v) is 9.97. The van der Waals surface area contributed by atoms with Crippen molar-refractivity contribution in [1.29, 1.82) is 0 Å². The molecule has 1 aromatic carbocycles. The Morgan fingerprint density at radius 1 is 1.16 bits per heavy atom. The number of benzene rings is 1. The number of nitrogens with zero attached hydrogens (tertiary/aromatic N) is 1. The smallest absolute Gasteiger partial charge is 0.253 e. The largest absolute Gasteiger partial charge is 0.398 e. The number of hydrogen-bond acceptors (Lipinski definition) is 3. The van der Waals surface area contributed by atoms with Crippen LogP contribution in [0.25, 0.3) is 0 Å². The van der Waals surface area contributed by atoms with Crippen LogP contribution in [0.1, 0.15) is 55.8 Å². The Balaban J connectivity index is 1.37. The number of anilines is 1. The van der Waals surface area contributed by atoms with Gasteiger partial charge in [-0.2, -0.15) is 0 Å². The zero-order valence-electron chi connectivity index (χ0n) is 15.3. The van der Waals surface area contributed by atoms with Crippen molar-refractivity contribution >= 4 is 11.6 Å². The van der Waals surface area contributed by atoms with E-state index in [0.29, 0.717) is 23.3 Å². The van der Waals surface area contributed by atoms with E-state index in [1.165, 1.54) is 38.5 Å². The van der Waals surface area contributed by atoms with Gasteiger partial charge in [0.1, 0.15) is 0 Å². The van der Waals surface area contributed by atoms with Crippen LogP contribution < -0.4 is 11.1 Å². The van der Waals surface area contributed by atoms with Gasteiger partial charge in [0, 0.05) is 24.3 Å². The number of likely N-dealkylation sites (N-methyl/N-ethyl adjacent to an activating group) is 1. The van der Waals surface area contributed by atoms with E-state index in [-0.39, 0.29) is 5.91 Å². The highest BCUT2D eigenvalue weighted by Crippen LogP contribution is 2.57. The minimum absolute atomic E-state index is 0.0559. The van der Waals surface area contributed by atoms with Gasteiger partial charge in [-0.3, -0.25) is 9.69 Å². The molecule has 25 heavy (non-hydrogen) atoms. The Morgan fingerprint density at radius 2 is 1.76 bits per heavy atom. The summed E-state index contributed by atoms with van der Waals surface area (Å²) in [6.07, 6.45) is 8.56. The third-order valence-electron chi connectivity index (χ3n) is 6.93. The lowest BCUT2D eigenvalue weighted by Gasteiger charge is -2.60. The van der Waals surface area contributed by atoms with Crippen LogP contribution in [0, 0.1) is 17.8 Å². The molecule has 0 heterocycles. The highest BCUT2D eigenvalue weighted by Gasteiger charge is 2.52. The van der Waals surface area contributed by atoms with E-state index in [1.807, 2.05) is 12.1 Å². The molecule has 4 heteroatoms. The quantitative estimate of drug-likeness (QED) is 0.781. The van der Waals surface area contributed by atoms with E-state index < -0.39 is 0 Å². The van der Waals surface area contributed by atoms with Crippen molar-refractivity contribution in [3.8, 4) is 0 Å². The molecule has 4 bridgehead atoms. The molecule has 0 saturated heterocycles. The Kier molecular flexibility index (Phi) is 4.48. The number of hydrogen-bond donors (Lipinski definition) is 2. The number of amides is 1. The zero-order valence-corrected chi connectivity index (χ0v) is 15.3. The average Bonchev–Trinajstić information content (AvgIpc) is 2.57. The SMILES string of the molecule is CCN(CCNC(=O)c1ccccc1N)C12CC3CC(CC(C3)C1)C2. The molecule has 5 rings (SSSR count). The summed E-state index contributed by atoms with van der Waals surface area (Å²) in [5, 5.41) is 3.08. The van der Waals surface area contributed by atoms with Gasteiger partial charge in [-0.25, -0.2) is 0 Å². The standard InChI is InChI=1S/C21H31N3O/c1-2-24(8-7-23-20(25)18-5-3-4-6-19(18)22)21-12-15-9-16(13-21)11-17(10-15)14-21/h3-6,15-17H,2,7-14,22H2,1H3,(H,23,25). The van der Waals surface area contributed by atoms with Crippen LogP contribution in [0.15, 0.2) is 24.3 Å². The molecule has 0 unspecified atom stereocenters. The van der Waals surface area contributed by atoms with E-state index >= 15 is 0 Å². The van der Waals surface area contributed by atoms with E-state index in [9.17, 15) is 4.79 Å². The molecule has 3 N–H and O–H groups in total. The Morgan fingerprint density at radius 3 is 2.32 bits per heavy atom. The highest BCUT2D eigenvalue weighted by atomic mass is 16.1. The van der Waals surface area contributed by atoms with Gasteiger partial charge in [0.15, 0.2) is 0 Å². The first kappa shape index (κ1) is 16.9. The van der Waals surface area contributed by atoms with Crippen LogP contribution in [-0.2, 0) is 0 Å². The second-order valence-electron chi connectivity index (χ2n) is 8.56. The van der Waals surface area contributed by atoms with Gasteiger partial charge in [0.05, 0.1) is 5.56 Å². The van der Waals surface area contributed by atoms with Crippen molar-refractivity contribution in [3.63, 3.8) is 0 Å². The van der Waals surface area contributed by atoms with Crippen LogP contribution in [-0.4, -0.2) is 36.0 Å². The number of rotatable bonds is 6. The first-order chi connectivity index (χ1) is 12.1. The van der Waals surface area contributed by atoms with Gasteiger partial charge in [-0.15, -0.1) is 0 Å². The fraction of sp³-hybridized carbons (Fsp3) is 0.667. The van der Waals surface area contributed by atoms with Crippen LogP contribution in [0.4, 0.5) is 5.69 Å². The maximum Gasteiger partial charge on any atom is 0.253 e. The monoisotopic (exact) mass is 341 g/mol. The molecule has 1 aromatic rings. The molecular formula is C21H31N3O. The lowest BCUT2D eigenvalue weighted by Crippen LogP contribution is -2.60. The number of carbonyl (C=O) groups excluding carboxylic acids is 1. The molecular weight excluding hydrogens is 310 g/mol. The van der Waals surface area contributed by atoms with Crippen molar-refractivity contribution in [2.24, 2.45) is 17.8 Å². The van der Waals surface area contributed by atoms with E-state index in [1.54, 1.807) is 12.1 Å². The predicted molar refractivity (Wildman–Crippen MR) is 101 cm³/mol. The number of carbonyl (C=O) groups is 1. The van der Waals surface area contributed by atoms with Gasteiger partial charge in [0.2, 0.25) is 0 Å². The van der Waals surface area contributed by atoms with Gasteiger partial charge in [-0.05, 0) is 75.0 Å². The summed E-state index contributed by atoms with van der Waals surface area (Å²) in [7, 11) is 0. The minimum atomic E-state index is -0.0559. The van der Waals surface area contributed by atoms with Crippen LogP contribution in [0.2, 0.25) is 0 Å². The number of nitrogens with two attached hydrogens (primary N) is 1. The third kappa shape index (κ3) is 3.17. The fourth-order valence-corrected chi connectivity index (χ4v) is 6.29. The van der Waals surface area contributed by atoms with E-state index in [2.05, 4.69) is 17.1 Å². The average molecular weight is 341 g/mol. The van der Waals surface area contributed by atoms with Crippen molar-refractivity contribution in [3.05, 3.63) is 29.8 Å². The maximum atomic E-state index is 12.4. The Labute approximate surface area is 151 Å². The third-order valence-corrected chi connectivity index (χ3v) is 6.93. The molecule has 0 atom stereocenters. The number of nitrogens with one attached hydrogen (secondary N) is 1. The van der Waals surface area contributed by atoms with Crippen molar-refractivity contribution < 1.29 is 4.79 Å². The second kappa shape index (κ2) is 6.64. The molecule has 4 saturated carbocycles. The Bertz CT molecular complexity index is 606. The normalized spacial score (nSPS) is 33.0. The minimum Gasteiger partial charge on any atom is -0.398 e. The fourth-order valence-electron chi connectivity index (χ4n) is 6.29. The topological polar surface area (TPSA) is 58.4 Å². The number of nitrogen functional groups attached to an aromatic ring is 1. The summed E-state index contributed by atoms with van der Waals surface area (Å²) in [4.78, 5) is 15.0. The van der Waals surface area contributed by atoms with E-state index in [4.69, 9.17) is 5.73 Å². The van der Waals surface area contributed by atoms with Gasteiger partial charge >= 0.3 is 0 Å². The molecule has 1 amide bonds. The molecule has 0 spiro atoms. The molecule has 0 aliphatic heterocycles.